The fraction of sp³-hybridized carbons (Fsp3) is 0.417. The first-order valence-corrected chi connectivity index (χ1v) is 13.4. The molecule has 2 amide bonds. The summed E-state index contributed by atoms with van der Waals surface area (Å²) in [6, 6.07) is 10.8. The van der Waals surface area contributed by atoms with Gasteiger partial charge in [-0.05, 0) is 44.0 Å². The van der Waals surface area contributed by atoms with Crippen LogP contribution < -0.4 is 19.1 Å². The number of benzene rings is 2. The molecule has 0 bridgehead atoms. The molecule has 3 rings (SSSR count). The monoisotopic (exact) mass is 523 g/mol. The van der Waals surface area contributed by atoms with Crippen LogP contribution in [0.15, 0.2) is 42.5 Å². The molecule has 1 heterocycles. The molecule has 0 spiro atoms. The summed E-state index contributed by atoms with van der Waals surface area (Å²) in [5.74, 6) is -0.202. The highest BCUT2D eigenvalue weighted by Gasteiger charge is 2.32. The van der Waals surface area contributed by atoms with Gasteiger partial charge < -0.3 is 19.7 Å². The van der Waals surface area contributed by atoms with Crippen LogP contribution in [0.4, 0.5) is 5.69 Å². The predicted octanol–water partition coefficient (Wildman–Crippen LogP) is 3.17. The Labute approximate surface area is 211 Å². The Bertz CT molecular complexity index is 1170. The average Bonchev–Trinajstić information content (AvgIpc) is 3.32. The van der Waals surface area contributed by atoms with Gasteiger partial charge in [-0.2, -0.15) is 0 Å². The van der Waals surface area contributed by atoms with Crippen LogP contribution in [0, 0.1) is 0 Å². The molecule has 1 aliphatic rings. The molecule has 0 saturated carbocycles. The molecule has 1 aliphatic heterocycles. The summed E-state index contributed by atoms with van der Waals surface area (Å²) >= 11 is 6.32. The van der Waals surface area contributed by atoms with Crippen LogP contribution in [0.1, 0.15) is 32.8 Å². The van der Waals surface area contributed by atoms with E-state index in [1.54, 1.807) is 43.3 Å². The number of sulfonamides is 1. The lowest BCUT2D eigenvalue weighted by Gasteiger charge is -2.32. The van der Waals surface area contributed by atoms with Crippen molar-refractivity contribution in [3.63, 3.8) is 0 Å². The lowest BCUT2D eigenvalue weighted by molar-refractivity contribution is -0.139. The molecule has 0 radical (unpaired) electrons. The number of ether oxygens (including phenoxy) is 2. The minimum atomic E-state index is -3.84. The summed E-state index contributed by atoms with van der Waals surface area (Å²) in [6.07, 6.45) is 0.740. The summed E-state index contributed by atoms with van der Waals surface area (Å²) in [5, 5.41) is 3.24. The van der Waals surface area contributed by atoms with Crippen molar-refractivity contribution >= 4 is 39.1 Å². The van der Waals surface area contributed by atoms with Gasteiger partial charge in [0.2, 0.25) is 28.6 Å². The number of hydrogen-bond donors (Lipinski definition) is 1. The van der Waals surface area contributed by atoms with Crippen molar-refractivity contribution in [2.75, 3.05) is 29.9 Å². The van der Waals surface area contributed by atoms with Crippen molar-refractivity contribution in [2.24, 2.45) is 0 Å². The van der Waals surface area contributed by atoms with E-state index in [4.69, 9.17) is 21.1 Å². The Morgan fingerprint density at radius 1 is 1.11 bits per heavy atom. The fourth-order valence-electron chi connectivity index (χ4n) is 3.55. The van der Waals surface area contributed by atoms with E-state index in [9.17, 15) is 18.0 Å². The van der Waals surface area contributed by atoms with Gasteiger partial charge in [-0.25, -0.2) is 8.42 Å². The highest BCUT2D eigenvalue weighted by Crippen LogP contribution is 2.36. The van der Waals surface area contributed by atoms with Gasteiger partial charge in [-0.15, -0.1) is 0 Å². The van der Waals surface area contributed by atoms with E-state index in [2.05, 4.69) is 5.32 Å². The predicted molar refractivity (Wildman–Crippen MR) is 134 cm³/mol. The fourth-order valence-corrected chi connectivity index (χ4v) is 4.80. The number of fused-ring (bicyclic) bond motifs is 1. The largest absolute Gasteiger partial charge is 0.454 e. The second-order valence-corrected chi connectivity index (χ2v) is 10.6. The zero-order valence-corrected chi connectivity index (χ0v) is 21.6. The van der Waals surface area contributed by atoms with Gasteiger partial charge in [0.1, 0.15) is 12.6 Å². The molecule has 0 saturated heterocycles. The van der Waals surface area contributed by atoms with Crippen molar-refractivity contribution in [1.29, 1.82) is 0 Å². The third-order valence-corrected chi connectivity index (χ3v) is 7.75. The molecule has 0 aliphatic carbocycles. The van der Waals surface area contributed by atoms with E-state index in [0.717, 1.165) is 10.7 Å². The third kappa shape index (κ3) is 6.37. The SMILES string of the molecule is CCCNC(=O)[C@H](C)N(Cc1ccccc1Cl)C(=O)CN(c1ccc2c(c1)OCO2)S(=O)(=O)CC. The molecule has 190 valence electrons. The van der Waals surface area contributed by atoms with Gasteiger partial charge in [0, 0.05) is 24.2 Å². The number of amides is 2. The topological polar surface area (TPSA) is 105 Å². The average molecular weight is 524 g/mol. The number of halogens is 1. The molecule has 2 aromatic carbocycles. The maximum absolute atomic E-state index is 13.6. The van der Waals surface area contributed by atoms with E-state index in [-0.39, 0.29) is 30.7 Å². The van der Waals surface area contributed by atoms with Crippen LogP contribution in [0.2, 0.25) is 5.02 Å². The van der Waals surface area contributed by atoms with Crippen molar-refractivity contribution in [1.82, 2.24) is 10.2 Å². The Kier molecular flexibility index (Phi) is 8.85. The van der Waals surface area contributed by atoms with Crippen LogP contribution in [0.25, 0.3) is 0 Å². The van der Waals surface area contributed by atoms with Crippen LogP contribution in [0.3, 0.4) is 0 Å². The van der Waals surface area contributed by atoms with Crippen molar-refractivity contribution < 1.29 is 27.5 Å². The number of carbonyl (C=O) groups is 2. The number of carbonyl (C=O) groups excluding carboxylic acids is 2. The lowest BCUT2D eigenvalue weighted by Crippen LogP contribution is -2.51. The van der Waals surface area contributed by atoms with Crippen molar-refractivity contribution in [3.8, 4) is 11.5 Å². The number of anilines is 1. The highest BCUT2D eigenvalue weighted by atomic mass is 35.5. The molecule has 9 nitrogen and oxygen atoms in total. The van der Waals surface area contributed by atoms with Crippen LogP contribution in [-0.4, -0.2) is 56.8 Å². The van der Waals surface area contributed by atoms with Crippen LogP contribution in [-0.2, 0) is 26.2 Å². The normalized spacial score (nSPS) is 13.3. The minimum absolute atomic E-state index is 0.0360. The van der Waals surface area contributed by atoms with Crippen LogP contribution >= 0.6 is 11.6 Å². The Hall–Kier alpha value is -2.98. The van der Waals surface area contributed by atoms with Gasteiger partial charge in [0.05, 0.1) is 11.4 Å². The second kappa shape index (κ2) is 11.6. The number of nitrogens with one attached hydrogen (secondary N) is 1. The Morgan fingerprint density at radius 3 is 2.51 bits per heavy atom. The molecular weight excluding hydrogens is 494 g/mol. The Morgan fingerprint density at radius 2 is 1.83 bits per heavy atom. The lowest BCUT2D eigenvalue weighted by atomic mass is 10.1. The van der Waals surface area contributed by atoms with E-state index in [0.29, 0.717) is 28.6 Å². The molecule has 35 heavy (non-hydrogen) atoms. The summed E-state index contributed by atoms with van der Waals surface area (Å²) in [5.41, 5.74) is 0.913. The molecule has 0 fully saturated rings. The first-order valence-electron chi connectivity index (χ1n) is 11.4. The standard InChI is InChI=1S/C24H30ClN3O6S/c1-4-12-26-24(30)17(3)27(14-18-8-6-7-9-20(18)25)23(29)15-28(35(31,32)5-2)19-10-11-21-22(13-19)34-16-33-21/h6-11,13,17H,4-5,12,14-16H2,1-3H3,(H,26,30)/t17-/m0/s1. The minimum Gasteiger partial charge on any atom is -0.454 e. The van der Waals surface area contributed by atoms with Crippen LogP contribution in [0.5, 0.6) is 11.5 Å². The van der Waals surface area contributed by atoms with Gasteiger partial charge in [0.25, 0.3) is 0 Å². The molecule has 1 N–H and O–H groups in total. The highest BCUT2D eigenvalue weighted by molar-refractivity contribution is 7.92. The zero-order valence-electron chi connectivity index (χ0n) is 20.0. The number of hydrogen-bond acceptors (Lipinski definition) is 6. The molecule has 2 aromatic rings. The van der Waals surface area contributed by atoms with Gasteiger partial charge >= 0.3 is 0 Å². The Balaban J connectivity index is 1.94. The van der Waals surface area contributed by atoms with Gasteiger partial charge in [-0.3, -0.25) is 13.9 Å². The first-order chi connectivity index (χ1) is 16.7. The third-order valence-electron chi connectivity index (χ3n) is 5.64. The van der Waals surface area contributed by atoms with Gasteiger partial charge in [0.15, 0.2) is 11.5 Å². The maximum atomic E-state index is 13.6. The zero-order chi connectivity index (χ0) is 25.6. The number of rotatable bonds is 11. The smallest absolute Gasteiger partial charge is 0.244 e. The second-order valence-electron chi connectivity index (χ2n) is 8.02. The molecule has 0 aromatic heterocycles. The van der Waals surface area contributed by atoms with E-state index in [1.165, 1.54) is 17.9 Å². The quantitative estimate of drug-likeness (QED) is 0.485. The number of nitrogens with zero attached hydrogens (tertiary/aromatic N) is 2. The molecule has 11 heteroatoms. The van der Waals surface area contributed by atoms with Crippen molar-refractivity contribution in [3.05, 3.63) is 53.1 Å². The van der Waals surface area contributed by atoms with E-state index >= 15 is 0 Å². The molecule has 1 atom stereocenters. The first kappa shape index (κ1) is 26.6. The summed E-state index contributed by atoms with van der Waals surface area (Å²) < 4.78 is 37.7. The van der Waals surface area contributed by atoms with Crippen molar-refractivity contribution in [2.45, 2.75) is 39.8 Å². The summed E-state index contributed by atoms with van der Waals surface area (Å²) in [6.45, 7) is 5.09. The van der Waals surface area contributed by atoms with E-state index < -0.39 is 28.5 Å². The molecular formula is C24H30ClN3O6S. The molecule has 0 unspecified atom stereocenters. The van der Waals surface area contributed by atoms with E-state index in [1.807, 2.05) is 6.92 Å². The summed E-state index contributed by atoms with van der Waals surface area (Å²) in [4.78, 5) is 27.7. The van der Waals surface area contributed by atoms with Gasteiger partial charge in [-0.1, -0.05) is 36.7 Å². The maximum Gasteiger partial charge on any atom is 0.244 e. The summed E-state index contributed by atoms with van der Waals surface area (Å²) in [7, 11) is -3.84.